The lowest BCUT2D eigenvalue weighted by atomic mass is 10.0. The second-order valence-corrected chi connectivity index (χ2v) is 9.09. The van der Waals surface area contributed by atoms with Gasteiger partial charge in [-0.25, -0.2) is 8.42 Å². The molecule has 1 heterocycles. The topological polar surface area (TPSA) is 61.2 Å². The number of hydrogen-bond donors (Lipinski definition) is 0. The van der Waals surface area contributed by atoms with E-state index in [0.29, 0.717) is 24.2 Å². The highest BCUT2D eigenvalue weighted by Gasteiger charge is 2.29. The molecule has 0 N–H and O–H groups in total. The first kappa shape index (κ1) is 21.4. The molecule has 5 heteroatoms. The molecule has 0 saturated carbocycles. The number of nitriles is 1. The van der Waals surface area contributed by atoms with Crippen molar-refractivity contribution >= 4 is 10.0 Å². The van der Waals surface area contributed by atoms with Gasteiger partial charge in [-0.05, 0) is 80.5 Å². The first-order valence-corrected chi connectivity index (χ1v) is 11.3. The van der Waals surface area contributed by atoms with E-state index in [4.69, 9.17) is 5.26 Å². The molecule has 0 radical (unpaired) electrons. The van der Waals surface area contributed by atoms with Gasteiger partial charge in [-0.1, -0.05) is 29.7 Å². The summed E-state index contributed by atoms with van der Waals surface area (Å²) in [5.41, 5.74) is 3.83. The molecule has 0 aromatic heterocycles. The molecule has 2 aromatic rings. The van der Waals surface area contributed by atoms with Gasteiger partial charge in [-0.3, -0.25) is 4.31 Å². The van der Waals surface area contributed by atoms with Gasteiger partial charge in [0.2, 0.25) is 0 Å². The van der Waals surface area contributed by atoms with Crippen LogP contribution in [0.5, 0.6) is 0 Å². The van der Waals surface area contributed by atoms with Crippen LogP contribution >= 0.6 is 0 Å². The molecule has 0 bridgehead atoms. The Morgan fingerprint density at radius 1 is 1.03 bits per heavy atom. The lowest BCUT2D eigenvalue weighted by molar-refractivity contribution is 0.480. The minimum absolute atomic E-state index is 0.269. The Bertz CT molecular complexity index is 1160. The molecule has 152 valence electrons. The lowest BCUT2D eigenvalue weighted by Crippen LogP contribution is -2.31. The third-order valence-electron chi connectivity index (χ3n) is 5.01. The predicted octanol–water partition coefficient (Wildman–Crippen LogP) is 4.92. The van der Waals surface area contributed by atoms with E-state index in [1.54, 1.807) is 54.6 Å². The van der Waals surface area contributed by atoms with E-state index in [1.165, 1.54) is 4.31 Å². The maximum Gasteiger partial charge on any atom is 0.264 e. The molecule has 3 rings (SSSR count). The summed E-state index contributed by atoms with van der Waals surface area (Å²) < 4.78 is 28.4. The van der Waals surface area contributed by atoms with Crippen molar-refractivity contribution in [3.8, 4) is 17.9 Å². The number of nitrogens with zero attached hydrogens (tertiary/aromatic N) is 2. The van der Waals surface area contributed by atoms with Crippen LogP contribution in [0.2, 0.25) is 0 Å². The molecule has 0 atom stereocenters. The number of aryl methyl sites for hydroxylation is 1. The van der Waals surface area contributed by atoms with E-state index in [0.717, 1.165) is 36.0 Å². The van der Waals surface area contributed by atoms with Crippen molar-refractivity contribution in [2.45, 2.75) is 37.5 Å². The minimum atomic E-state index is -3.72. The number of hydrogen-bond acceptors (Lipinski definition) is 3. The van der Waals surface area contributed by atoms with Gasteiger partial charge in [0, 0.05) is 12.1 Å². The fraction of sp³-hybridized carbons (Fsp3) is 0.240. The third kappa shape index (κ3) is 4.82. The number of benzene rings is 2. The molecule has 0 amide bonds. The smallest absolute Gasteiger partial charge is 0.259 e. The molecular formula is C25H24N2O2S. The molecule has 0 saturated heterocycles. The number of rotatable bonds is 4. The van der Waals surface area contributed by atoms with E-state index >= 15 is 0 Å². The maximum absolute atomic E-state index is 13.5. The molecule has 0 spiro atoms. The summed E-state index contributed by atoms with van der Waals surface area (Å²) in [6.45, 7) is 6.16. The Hall–Kier alpha value is -3.28. The largest absolute Gasteiger partial charge is 0.264 e. The summed E-state index contributed by atoms with van der Waals surface area (Å²) in [5, 5.41) is 8.96. The highest BCUT2D eigenvalue weighted by Crippen LogP contribution is 2.29. The quantitative estimate of drug-likeness (QED) is 0.525. The Kier molecular flexibility index (Phi) is 6.77. The number of sulfonamides is 1. The Labute approximate surface area is 179 Å². The van der Waals surface area contributed by atoms with Gasteiger partial charge in [-0.15, -0.1) is 6.58 Å². The first-order valence-electron chi connectivity index (χ1n) is 9.90. The molecule has 2 aromatic carbocycles. The molecule has 0 fully saturated rings. The molecule has 4 nitrogen and oxygen atoms in total. The van der Waals surface area contributed by atoms with E-state index in [-0.39, 0.29) is 4.90 Å². The highest BCUT2D eigenvalue weighted by atomic mass is 32.2. The summed E-state index contributed by atoms with van der Waals surface area (Å²) in [6.07, 6.45) is 4.86. The highest BCUT2D eigenvalue weighted by molar-refractivity contribution is 7.89. The van der Waals surface area contributed by atoms with Crippen molar-refractivity contribution in [3.05, 3.63) is 89.1 Å². The second-order valence-electron chi connectivity index (χ2n) is 7.23. The van der Waals surface area contributed by atoms with Crippen LogP contribution in [-0.4, -0.2) is 19.3 Å². The Balaban J connectivity index is 2.08. The van der Waals surface area contributed by atoms with Crippen LogP contribution in [0.25, 0.3) is 0 Å². The van der Waals surface area contributed by atoms with Crippen LogP contribution < -0.4 is 0 Å². The van der Waals surface area contributed by atoms with Crippen LogP contribution in [0.4, 0.5) is 0 Å². The predicted molar refractivity (Wildman–Crippen MR) is 119 cm³/mol. The SMILES string of the molecule is C=CCC1=C(C#Cc2ccc(C#N)cc2)N(S(=O)(=O)c2ccc(C)cc2)CCCC1. The molecule has 0 unspecified atom stereocenters. The number of allylic oxidation sites excluding steroid dienone is 3. The maximum atomic E-state index is 13.5. The first-order chi connectivity index (χ1) is 14.5. The van der Waals surface area contributed by atoms with E-state index < -0.39 is 10.0 Å². The fourth-order valence-corrected chi connectivity index (χ4v) is 4.88. The minimum Gasteiger partial charge on any atom is -0.259 e. The van der Waals surface area contributed by atoms with Crippen LogP contribution in [0.3, 0.4) is 0 Å². The molecule has 1 aliphatic rings. The van der Waals surface area contributed by atoms with Gasteiger partial charge in [0.25, 0.3) is 10.0 Å². The molecule has 0 aliphatic carbocycles. The van der Waals surface area contributed by atoms with Gasteiger partial charge < -0.3 is 0 Å². The normalized spacial score (nSPS) is 14.3. The Morgan fingerprint density at radius 3 is 2.33 bits per heavy atom. The fourth-order valence-electron chi connectivity index (χ4n) is 3.36. The standard InChI is InChI=1S/C25H24N2O2S/c1-3-6-23-7-4-5-18-27(30(28,29)24-15-8-20(2)9-16-24)25(23)17-14-21-10-12-22(19-26)13-11-21/h3,8-13,15-16H,1,4-7,18H2,2H3. The van der Waals surface area contributed by atoms with Gasteiger partial charge in [0.15, 0.2) is 0 Å². The summed E-state index contributed by atoms with van der Waals surface area (Å²) in [7, 11) is -3.72. The van der Waals surface area contributed by atoms with E-state index in [1.807, 2.05) is 6.92 Å². The average molecular weight is 417 g/mol. The van der Waals surface area contributed by atoms with Gasteiger partial charge in [0.1, 0.15) is 5.70 Å². The molecule has 30 heavy (non-hydrogen) atoms. The summed E-state index contributed by atoms with van der Waals surface area (Å²) in [6, 6.07) is 15.9. The average Bonchev–Trinajstić information content (AvgIpc) is 2.96. The van der Waals surface area contributed by atoms with E-state index in [9.17, 15) is 8.42 Å². The molecular weight excluding hydrogens is 392 g/mol. The van der Waals surface area contributed by atoms with Crippen LogP contribution in [-0.2, 0) is 10.0 Å². The van der Waals surface area contributed by atoms with Crippen LogP contribution in [0.1, 0.15) is 42.4 Å². The van der Waals surface area contributed by atoms with Crippen LogP contribution in [0.15, 0.2) is 77.4 Å². The van der Waals surface area contributed by atoms with E-state index in [2.05, 4.69) is 24.5 Å². The third-order valence-corrected chi connectivity index (χ3v) is 6.83. The van der Waals surface area contributed by atoms with Crippen molar-refractivity contribution in [1.82, 2.24) is 4.31 Å². The summed E-state index contributed by atoms with van der Waals surface area (Å²) in [5.74, 6) is 6.22. The van der Waals surface area contributed by atoms with Crippen LogP contribution in [0, 0.1) is 30.1 Å². The lowest BCUT2D eigenvalue weighted by Gasteiger charge is -2.24. The monoisotopic (exact) mass is 416 g/mol. The Morgan fingerprint density at radius 2 is 1.70 bits per heavy atom. The van der Waals surface area contributed by atoms with Crippen molar-refractivity contribution in [2.75, 3.05) is 6.54 Å². The summed E-state index contributed by atoms with van der Waals surface area (Å²) in [4.78, 5) is 0.269. The zero-order valence-corrected chi connectivity index (χ0v) is 17.9. The molecule has 1 aliphatic heterocycles. The van der Waals surface area contributed by atoms with Crippen molar-refractivity contribution < 1.29 is 8.42 Å². The zero-order chi connectivity index (χ0) is 21.6. The van der Waals surface area contributed by atoms with Crippen molar-refractivity contribution in [3.63, 3.8) is 0 Å². The van der Waals surface area contributed by atoms with Crippen molar-refractivity contribution in [2.24, 2.45) is 0 Å². The van der Waals surface area contributed by atoms with Gasteiger partial charge in [-0.2, -0.15) is 5.26 Å². The van der Waals surface area contributed by atoms with Crippen molar-refractivity contribution in [1.29, 1.82) is 5.26 Å². The summed E-state index contributed by atoms with van der Waals surface area (Å²) >= 11 is 0. The second kappa shape index (κ2) is 9.48. The zero-order valence-electron chi connectivity index (χ0n) is 17.1. The van der Waals surface area contributed by atoms with Gasteiger partial charge in [0.05, 0.1) is 16.5 Å². The van der Waals surface area contributed by atoms with Gasteiger partial charge >= 0.3 is 0 Å².